The monoisotopic (exact) mass is 239 g/mol. The third-order valence-electron chi connectivity index (χ3n) is 3.38. The SMILES string of the molecule is CC1(N)C=CC(n2ccc3cc(N)ccc32)=CC1. The van der Waals surface area contributed by atoms with Crippen LogP contribution in [0.4, 0.5) is 5.69 Å². The van der Waals surface area contributed by atoms with Crippen LogP contribution < -0.4 is 11.5 Å². The van der Waals surface area contributed by atoms with Gasteiger partial charge in [0.2, 0.25) is 0 Å². The number of nitrogens with zero attached hydrogens (tertiary/aromatic N) is 1. The van der Waals surface area contributed by atoms with Gasteiger partial charge in [-0.2, -0.15) is 0 Å². The lowest BCUT2D eigenvalue weighted by molar-refractivity contribution is 0.589. The Morgan fingerprint density at radius 2 is 2.11 bits per heavy atom. The maximum absolute atomic E-state index is 6.07. The molecule has 0 saturated carbocycles. The van der Waals surface area contributed by atoms with Crippen LogP contribution in [-0.2, 0) is 0 Å². The minimum Gasteiger partial charge on any atom is -0.399 e. The molecule has 1 aliphatic rings. The Labute approximate surface area is 106 Å². The van der Waals surface area contributed by atoms with Crippen molar-refractivity contribution in [3.05, 3.63) is 48.7 Å². The first-order chi connectivity index (χ1) is 8.55. The molecule has 1 unspecified atom stereocenters. The summed E-state index contributed by atoms with van der Waals surface area (Å²) in [6, 6.07) is 8.05. The Morgan fingerprint density at radius 3 is 2.83 bits per heavy atom. The molecule has 3 nitrogen and oxygen atoms in total. The standard InChI is InChI=1S/C15H17N3/c1-15(17)7-4-13(5-8-15)18-9-6-11-10-12(16)2-3-14(11)18/h2-7,9-10H,8,16-17H2,1H3. The van der Waals surface area contributed by atoms with Gasteiger partial charge in [-0.05, 0) is 43.7 Å². The number of nitrogens with two attached hydrogens (primary N) is 2. The molecule has 1 atom stereocenters. The number of aromatic nitrogens is 1. The van der Waals surface area contributed by atoms with Gasteiger partial charge in [0.25, 0.3) is 0 Å². The van der Waals surface area contributed by atoms with Crippen molar-refractivity contribution in [2.75, 3.05) is 5.73 Å². The molecule has 0 aliphatic heterocycles. The molecular formula is C15H17N3. The number of benzene rings is 1. The largest absolute Gasteiger partial charge is 0.399 e. The quantitative estimate of drug-likeness (QED) is 0.752. The van der Waals surface area contributed by atoms with Gasteiger partial charge in [0.1, 0.15) is 0 Å². The summed E-state index contributed by atoms with van der Waals surface area (Å²) in [6.07, 6.45) is 9.24. The Kier molecular flexibility index (Phi) is 2.31. The first kappa shape index (κ1) is 11.1. The molecule has 2 aromatic rings. The number of nitrogen functional groups attached to an aromatic ring is 1. The number of rotatable bonds is 1. The van der Waals surface area contributed by atoms with Gasteiger partial charge in [-0.25, -0.2) is 0 Å². The van der Waals surface area contributed by atoms with Gasteiger partial charge in [-0.1, -0.05) is 12.2 Å². The molecule has 0 spiro atoms. The van der Waals surface area contributed by atoms with Gasteiger partial charge in [-0.15, -0.1) is 0 Å². The average molecular weight is 239 g/mol. The highest BCUT2D eigenvalue weighted by atomic mass is 15.0. The van der Waals surface area contributed by atoms with Crippen LogP contribution in [0.5, 0.6) is 0 Å². The molecule has 3 heteroatoms. The van der Waals surface area contributed by atoms with Gasteiger partial charge in [0, 0.05) is 28.5 Å². The minimum absolute atomic E-state index is 0.225. The van der Waals surface area contributed by atoms with Crippen LogP contribution >= 0.6 is 0 Å². The summed E-state index contributed by atoms with van der Waals surface area (Å²) in [5, 5.41) is 1.16. The number of fused-ring (bicyclic) bond motifs is 1. The third kappa shape index (κ3) is 1.83. The maximum atomic E-state index is 6.07. The Hall–Kier alpha value is -2.00. The molecule has 1 aromatic heterocycles. The highest BCUT2D eigenvalue weighted by Gasteiger charge is 2.17. The Bertz CT molecular complexity index is 659. The summed E-state index contributed by atoms with van der Waals surface area (Å²) in [4.78, 5) is 0. The zero-order chi connectivity index (χ0) is 12.8. The van der Waals surface area contributed by atoms with E-state index in [1.807, 2.05) is 19.1 Å². The third-order valence-corrected chi connectivity index (χ3v) is 3.38. The first-order valence-corrected chi connectivity index (χ1v) is 6.10. The fraction of sp³-hybridized carbons (Fsp3) is 0.200. The van der Waals surface area contributed by atoms with Crippen LogP contribution in [0, 0.1) is 0 Å². The Morgan fingerprint density at radius 1 is 1.28 bits per heavy atom. The lowest BCUT2D eigenvalue weighted by Gasteiger charge is -2.23. The summed E-state index contributed by atoms with van der Waals surface area (Å²) in [7, 11) is 0. The lowest BCUT2D eigenvalue weighted by atomic mass is 9.94. The van der Waals surface area contributed by atoms with Crippen molar-refractivity contribution in [1.29, 1.82) is 0 Å². The zero-order valence-electron chi connectivity index (χ0n) is 10.4. The van der Waals surface area contributed by atoms with Gasteiger partial charge in [0.05, 0.1) is 5.52 Å². The van der Waals surface area contributed by atoms with E-state index in [1.165, 1.54) is 5.52 Å². The molecule has 4 N–H and O–H groups in total. The van der Waals surface area contributed by atoms with Gasteiger partial charge in [0.15, 0.2) is 0 Å². The molecule has 1 aromatic carbocycles. The van der Waals surface area contributed by atoms with E-state index in [2.05, 4.69) is 41.1 Å². The molecule has 0 saturated heterocycles. The smallest absolute Gasteiger partial charge is 0.0529 e. The fourth-order valence-corrected chi connectivity index (χ4v) is 2.30. The van der Waals surface area contributed by atoms with Gasteiger partial charge < -0.3 is 16.0 Å². The van der Waals surface area contributed by atoms with E-state index in [-0.39, 0.29) is 5.54 Å². The second-order valence-electron chi connectivity index (χ2n) is 5.18. The summed E-state index contributed by atoms with van der Waals surface area (Å²) in [5.74, 6) is 0. The molecule has 1 heterocycles. The summed E-state index contributed by atoms with van der Waals surface area (Å²) < 4.78 is 2.17. The lowest BCUT2D eigenvalue weighted by Crippen LogP contribution is -2.34. The summed E-state index contributed by atoms with van der Waals surface area (Å²) >= 11 is 0. The minimum atomic E-state index is -0.225. The normalized spacial score (nSPS) is 23.3. The first-order valence-electron chi connectivity index (χ1n) is 6.10. The van der Waals surface area contributed by atoms with Crippen LogP contribution in [0.1, 0.15) is 13.3 Å². The van der Waals surface area contributed by atoms with Crippen molar-refractivity contribution in [2.24, 2.45) is 5.73 Å². The maximum Gasteiger partial charge on any atom is 0.0529 e. The van der Waals surface area contributed by atoms with Crippen molar-refractivity contribution in [2.45, 2.75) is 18.9 Å². The predicted molar refractivity (Wildman–Crippen MR) is 77.0 cm³/mol. The number of allylic oxidation sites excluding steroid dienone is 2. The topological polar surface area (TPSA) is 57.0 Å². The Balaban J connectivity index is 2.06. The van der Waals surface area contributed by atoms with E-state index < -0.39 is 0 Å². The highest BCUT2D eigenvalue weighted by molar-refractivity contribution is 5.87. The van der Waals surface area contributed by atoms with Crippen molar-refractivity contribution in [1.82, 2.24) is 4.57 Å². The van der Waals surface area contributed by atoms with E-state index in [9.17, 15) is 0 Å². The van der Waals surface area contributed by atoms with E-state index in [4.69, 9.17) is 11.5 Å². The zero-order valence-corrected chi connectivity index (χ0v) is 10.4. The average Bonchev–Trinajstić information content (AvgIpc) is 2.72. The van der Waals surface area contributed by atoms with E-state index >= 15 is 0 Å². The molecule has 92 valence electrons. The van der Waals surface area contributed by atoms with Gasteiger partial charge >= 0.3 is 0 Å². The van der Waals surface area contributed by atoms with Crippen LogP contribution in [0.3, 0.4) is 0 Å². The molecule has 18 heavy (non-hydrogen) atoms. The molecule has 3 rings (SSSR count). The number of hydrogen-bond donors (Lipinski definition) is 2. The molecule has 1 aliphatic carbocycles. The van der Waals surface area contributed by atoms with Crippen LogP contribution in [-0.4, -0.2) is 10.1 Å². The van der Waals surface area contributed by atoms with Crippen molar-refractivity contribution in [3.8, 4) is 0 Å². The second kappa shape index (κ2) is 3.75. The second-order valence-corrected chi connectivity index (χ2v) is 5.18. The predicted octanol–water partition coefficient (Wildman–Crippen LogP) is 2.74. The van der Waals surface area contributed by atoms with Crippen molar-refractivity contribution in [3.63, 3.8) is 0 Å². The number of anilines is 1. The molecule has 0 radical (unpaired) electrons. The summed E-state index contributed by atoms with van der Waals surface area (Å²) in [6.45, 7) is 2.03. The van der Waals surface area contributed by atoms with Gasteiger partial charge in [-0.3, -0.25) is 0 Å². The molecular weight excluding hydrogens is 222 g/mol. The van der Waals surface area contributed by atoms with Crippen molar-refractivity contribution < 1.29 is 0 Å². The molecule has 0 bridgehead atoms. The summed E-state index contributed by atoms with van der Waals surface area (Å²) in [5.41, 5.74) is 14.8. The van der Waals surface area contributed by atoms with Crippen molar-refractivity contribution >= 4 is 22.3 Å². The van der Waals surface area contributed by atoms with Crippen LogP contribution in [0.25, 0.3) is 16.6 Å². The molecule has 0 fully saturated rings. The van der Waals surface area contributed by atoms with E-state index in [1.54, 1.807) is 0 Å². The van der Waals surface area contributed by atoms with E-state index in [0.717, 1.165) is 23.2 Å². The number of hydrogen-bond acceptors (Lipinski definition) is 2. The van der Waals surface area contributed by atoms with Crippen LogP contribution in [0.15, 0.2) is 48.7 Å². The van der Waals surface area contributed by atoms with Crippen LogP contribution in [0.2, 0.25) is 0 Å². The fourth-order valence-electron chi connectivity index (χ4n) is 2.30. The highest BCUT2D eigenvalue weighted by Crippen LogP contribution is 2.26. The van der Waals surface area contributed by atoms with E-state index in [0.29, 0.717) is 0 Å². The molecule has 0 amide bonds.